The van der Waals surface area contributed by atoms with Crippen molar-refractivity contribution in [2.75, 3.05) is 25.9 Å². The summed E-state index contributed by atoms with van der Waals surface area (Å²) in [4.78, 5) is 11.4. The number of sulfonamides is 1. The van der Waals surface area contributed by atoms with Crippen LogP contribution in [0.25, 0.3) is 0 Å². The third-order valence-electron chi connectivity index (χ3n) is 1.83. The second-order valence-corrected chi connectivity index (χ2v) is 6.02. The largest absolute Gasteiger partial charge is 0.355 e. The number of carbonyl (C=O) groups is 1. The highest BCUT2D eigenvalue weighted by Gasteiger charge is 2.18. The van der Waals surface area contributed by atoms with Crippen LogP contribution in [0.4, 0.5) is 0 Å². The molecule has 1 amide bonds. The Balaban J connectivity index is 4.30. The summed E-state index contributed by atoms with van der Waals surface area (Å²) in [6.45, 7) is 7.94. The van der Waals surface area contributed by atoms with Crippen molar-refractivity contribution >= 4 is 15.9 Å². The van der Waals surface area contributed by atoms with Gasteiger partial charge < -0.3 is 5.32 Å². The Kier molecular flexibility index (Phi) is 6.28. The molecule has 0 saturated heterocycles. The lowest BCUT2D eigenvalue weighted by Gasteiger charge is -2.17. The van der Waals surface area contributed by atoms with Gasteiger partial charge in [-0.3, -0.25) is 4.79 Å². The number of carbonyl (C=O) groups excluding carboxylic acids is 1. The summed E-state index contributed by atoms with van der Waals surface area (Å²) in [5.41, 5.74) is 0. The van der Waals surface area contributed by atoms with Gasteiger partial charge in [-0.2, -0.15) is 4.31 Å². The van der Waals surface area contributed by atoms with E-state index in [1.807, 2.05) is 13.8 Å². The van der Waals surface area contributed by atoms with E-state index >= 15 is 0 Å². The van der Waals surface area contributed by atoms with Gasteiger partial charge >= 0.3 is 0 Å². The Morgan fingerprint density at radius 3 is 2.44 bits per heavy atom. The van der Waals surface area contributed by atoms with Crippen molar-refractivity contribution in [2.24, 2.45) is 5.92 Å². The van der Waals surface area contributed by atoms with Crippen LogP contribution in [0, 0.1) is 5.92 Å². The first kappa shape index (κ1) is 15.1. The third kappa shape index (κ3) is 6.58. The van der Waals surface area contributed by atoms with Crippen molar-refractivity contribution in [2.45, 2.75) is 13.8 Å². The zero-order valence-corrected chi connectivity index (χ0v) is 10.9. The molecule has 0 aliphatic heterocycles. The molecule has 16 heavy (non-hydrogen) atoms. The molecule has 1 N–H and O–H groups in total. The maximum atomic E-state index is 11.4. The van der Waals surface area contributed by atoms with Gasteiger partial charge in [0.2, 0.25) is 15.9 Å². The normalized spacial score (nSPS) is 11.8. The first-order chi connectivity index (χ1) is 7.27. The highest BCUT2D eigenvalue weighted by atomic mass is 32.2. The molecule has 0 aliphatic rings. The van der Waals surface area contributed by atoms with Gasteiger partial charge in [-0.25, -0.2) is 8.42 Å². The van der Waals surface area contributed by atoms with Gasteiger partial charge in [0.25, 0.3) is 0 Å². The average molecular weight is 248 g/mol. The fraction of sp³-hybridized carbons (Fsp3) is 0.700. The van der Waals surface area contributed by atoms with Crippen LogP contribution in [0.2, 0.25) is 0 Å². The first-order valence-electron chi connectivity index (χ1n) is 5.10. The summed E-state index contributed by atoms with van der Waals surface area (Å²) in [6, 6.07) is 0. The van der Waals surface area contributed by atoms with Gasteiger partial charge in [0.05, 0.1) is 12.8 Å². The maximum absolute atomic E-state index is 11.4. The summed E-state index contributed by atoms with van der Waals surface area (Å²) < 4.78 is 23.7. The molecule has 0 unspecified atom stereocenters. The Bertz CT molecular complexity index is 336. The highest BCUT2D eigenvalue weighted by Crippen LogP contribution is 1.97. The smallest absolute Gasteiger partial charge is 0.235 e. The molecular weight excluding hydrogens is 228 g/mol. The molecular formula is C10H20N2O3S. The lowest BCUT2D eigenvalue weighted by atomic mass is 10.2. The minimum atomic E-state index is -3.36. The monoisotopic (exact) mass is 248 g/mol. The van der Waals surface area contributed by atoms with Crippen molar-refractivity contribution in [3.63, 3.8) is 0 Å². The lowest BCUT2D eigenvalue weighted by molar-refractivity contribution is -0.121. The number of amides is 1. The topological polar surface area (TPSA) is 66.5 Å². The Morgan fingerprint density at radius 1 is 1.50 bits per heavy atom. The molecule has 0 fully saturated rings. The number of nitrogens with one attached hydrogen (secondary N) is 1. The Morgan fingerprint density at radius 2 is 2.06 bits per heavy atom. The van der Waals surface area contributed by atoms with E-state index in [1.54, 1.807) is 0 Å². The van der Waals surface area contributed by atoms with E-state index in [2.05, 4.69) is 11.9 Å². The molecule has 0 bridgehead atoms. The molecule has 0 aromatic carbocycles. The van der Waals surface area contributed by atoms with E-state index in [4.69, 9.17) is 0 Å². The minimum absolute atomic E-state index is 0.147. The molecule has 0 saturated carbocycles. The first-order valence-corrected chi connectivity index (χ1v) is 6.95. The molecule has 0 aromatic rings. The van der Waals surface area contributed by atoms with Gasteiger partial charge in [0.15, 0.2) is 0 Å². The van der Waals surface area contributed by atoms with Crippen LogP contribution >= 0.6 is 0 Å². The highest BCUT2D eigenvalue weighted by molar-refractivity contribution is 7.88. The maximum Gasteiger partial charge on any atom is 0.235 e. The fourth-order valence-electron chi connectivity index (χ4n) is 0.995. The molecule has 6 heteroatoms. The van der Waals surface area contributed by atoms with Gasteiger partial charge in [-0.05, 0) is 5.92 Å². The van der Waals surface area contributed by atoms with Crippen molar-refractivity contribution in [3.8, 4) is 0 Å². The quantitative estimate of drug-likeness (QED) is 0.655. The lowest BCUT2D eigenvalue weighted by Crippen LogP contribution is -2.41. The molecule has 0 rings (SSSR count). The van der Waals surface area contributed by atoms with Crippen molar-refractivity contribution in [1.29, 1.82) is 0 Å². The van der Waals surface area contributed by atoms with Crippen LogP contribution < -0.4 is 5.32 Å². The SMILES string of the molecule is C=CCN(CC(=O)NCC(C)C)S(C)(=O)=O. The van der Waals surface area contributed by atoms with Crippen LogP contribution in [0.15, 0.2) is 12.7 Å². The van der Waals surface area contributed by atoms with Crippen LogP contribution in [-0.2, 0) is 14.8 Å². The zero-order chi connectivity index (χ0) is 12.8. The van der Waals surface area contributed by atoms with Gasteiger partial charge in [-0.1, -0.05) is 19.9 Å². The fourth-order valence-corrected chi connectivity index (χ4v) is 1.72. The summed E-state index contributed by atoms with van der Waals surface area (Å²) in [6.07, 6.45) is 2.53. The van der Waals surface area contributed by atoms with E-state index in [9.17, 15) is 13.2 Å². The van der Waals surface area contributed by atoms with Crippen molar-refractivity contribution in [1.82, 2.24) is 9.62 Å². The van der Waals surface area contributed by atoms with Crippen LogP contribution in [0.5, 0.6) is 0 Å². The van der Waals surface area contributed by atoms with Crippen molar-refractivity contribution in [3.05, 3.63) is 12.7 Å². The van der Waals surface area contributed by atoms with Gasteiger partial charge in [-0.15, -0.1) is 6.58 Å². The molecule has 0 spiro atoms. The predicted molar refractivity (Wildman–Crippen MR) is 64.5 cm³/mol. The summed E-state index contributed by atoms with van der Waals surface area (Å²) in [5, 5.41) is 2.66. The number of hydrogen-bond acceptors (Lipinski definition) is 3. The average Bonchev–Trinajstić information content (AvgIpc) is 2.12. The minimum Gasteiger partial charge on any atom is -0.355 e. The van der Waals surface area contributed by atoms with Gasteiger partial charge in [0, 0.05) is 13.1 Å². The molecule has 94 valence electrons. The zero-order valence-electron chi connectivity index (χ0n) is 10.1. The molecule has 0 atom stereocenters. The van der Waals surface area contributed by atoms with E-state index < -0.39 is 10.0 Å². The van der Waals surface area contributed by atoms with E-state index in [1.165, 1.54) is 6.08 Å². The summed E-state index contributed by atoms with van der Waals surface area (Å²) >= 11 is 0. The van der Waals surface area contributed by atoms with Gasteiger partial charge in [0.1, 0.15) is 0 Å². The predicted octanol–water partition coefficient (Wildman–Crippen LogP) is 0.206. The number of nitrogens with zero attached hydrogens (tertiary/aromatic N) is 1. The number of hydrogen-bond donors (Lipinski definition) is 1. The van der Waals surface area contributed by atoms with Crippen LogP contribution in [0.1, 0.15) is 13.8 Å². The summed E-state index contributed by atoms with van der Waals surface area (Å²) in [7, 11) is -3.36. The van der Waals surface area contributed by atoms with Crippen LogP contribution in [0.3, 0.4) is 0 Å². The standard InChI is InChI=1S/C10H20N2O3S/c1-5-6-12(16(4,14)15)8-10(13)11-7-9(2)3/h5,9H,1,6-8H2,2-4H3,(H,11,13). The molecule has 0 radical (unpaired) electrons. The Labute approximate surface area is 97.6 Å². The summed E-state index contributed by atoms with van der Waals surface area (Å²) in [5.74, 6) is 0.0519. The third-order valence-corrected chi connectivity index (χ3v) is 3.05. The molecule has 0 heterocycles. The second kappa shape index (κ2) is 6.65. The van der Waals surface area contributed by atoms with Crippen molar-refractivity contribution < 1.29 is 13.2 Å². The molecule has 5 nitrogen and oxygen atoms in total. The van der Waals surface area contributed by atoms with E-state index in [-0.39, 0.29) is 19.0 Å². The molecule has 0 aromatic heterocycles. The van der Waals surface area contributed by atoms with Crippen LogP contribution in [-0.4, -0.2) is 44.5 Å². The van der Waals surface area contributed by atoms with E-state index in [0.717, 1.165) is 10.6 Å². The second-order valence-electron chi connectivity index (χ2n) is 4.04. The Hall–Kier alpha value is -0.880. The van der Waals surface area contributed by atoms with E-state index in [0.29, 0.717) is 12.5 Å². The molecule has 0 aliphatic carbocycles. The number of rotatable bonds is 7.